The molecule has 5 heteroatoms. The van der Waals surface area contributed by atoms with E-state index in [-0.39, 0.29) is 12.3 Å². The van der Waals surface area contributed by atoms with Gasteiger partial charge in [-0.25, -0.2) is 0 Å². The van der Waals surface area contributed by atoms with Crippen molar-refractivity contribution in [1.29, 1.82) is 0 Å². The lowest BCUT2D eigenvalue weighted by Gasteiger charge is -2.11. The molecule has 0 heterocycles. The number of aryl methyl sites for hydroxylation is 2. The van der Waals surface area contributed by atoms with Crippen LogP contribution in [-0.2, 0) is 16.0 Å². The third-order valence-corrected chi connectivity index (χ3v) is 3.92. The molecule has 0 saturated carbocycles. The summed E-state index contributed by atoms with van der Waals surface area (Å²) in [5, 5.41) is 11.5. The molecule has 0 saturated heterocycles. The molecular formula is C20H23NO4. The van der Waals surface area contributed by atoms with Gasteiger partial charge in [0.1, 0.15) is 5.75 Å². The van der Waals surface area contributed by atoms with Gasteiger partial charge >= 0.3 is 5.97 Å². The van der Waals surface area contributed by atoms with Gasteiger partial charge in [-0.15, -0.1) is 0 Å². The highest BCUT2D eigenvalue weighted by atomic mass is 16.5. The van der Waals surface area contributed by atoms with Crippen LogP contribution in [-0.4, -0.2) is 23.6 Å². The molecule has 0 bridgehead atoms. The number of amides is 1. The predicted molar refractivity (Wildman–Crippen MR) is 97.1 cm³/mol. The van der Waals surface area contributed by atoms with Gasteiger partial charge < -0.3 is 15.2 Å². The van der Waals surface area contributed by atoms with Crippen LogP contribution in [0.2, 0.25) is 0 Å². The number of carbonyl (C=O) groups is 2. The molecule has 0 spiro atoms. The summed E-state index contributed by atoms with van der Waals surface area (Å²) in [6, 6.07) is 13.1. The van der Waals surface area contributed by atoms with Gasteiger partial charge in [0, 0.05) is 12.1 Å². The molecule has 2 N–H and O–H groups in total. The number of carboxylic acids is 1. The SMILES string of the molecule is Cc1cccc(C)c1CC(=O)Nc1ccc(OCCCC(=O)O)cc1. The molecule has 0 aliphatic heterocycles. The minimum atomic E-state index is -0.828. The number of benzene rings is 2. The molecule has 2 rings (SSSR count). The molecule has 2 aromatic rings. The number of aliphatic carboxylic acids is 1. The van der Waals surface area contributed by atoms with Gasteiger partial charge in [0.25, 0.3) is 0 Å². The van der Waals surface area contributed by atoms with E-state index in [2.05, 4.69) is 5.32 Å². The molecule has 132 valence electrons. The minimum Gasteiger partial charge on any atom is -0.494 e. The van der Waals surface area contributed by atoms with Crippen LogP contribution in [0.1, 0.15) is 29.5 Å². The Morgan fingerprint density at radius 2 is 1.68 bits per heavy atom. The zero-order valence-electron chi connectivity index (χ0n) is 14.5. The van der Waals surface area contributed by atoms with Gasteiger partial charge in [0.2, 0.25) is 5.91 Å². The Kier molecular flexibility index (Phi) is 6.57. The van der Waals surface area contributed by atoms with Gasteiger partial charge in [-0.05, 0) is 61.2 Å². The van der Waals surface area contributed by atoms with E-state index < -0.39 is 5.97 Å². The Labute approximate surface area is 147 Å². The number of hydrogen-bond acceptors (Lipinski definition) is 3. The average molecular weight is 341 g/mol. The first-order chi connectivity index (χ1) is 12.0. The molecule has 0 aromatic heterocycles. The largest absolute Gasteiger partial charge is 0.494 e. The van der Waals surface area contributed by atoms with E-state index in [1.807, 2.05) is 32.0 Å². The van der Waals surface area contributed by atoms with E-state index in [0.29, 0.717) is 30.9 Å². The van der Waals surface area contributed by atoms with E-state index in [1.54, 1.807) is 24.3 Å². The van der Waals surface area contributed by atoms with E-state index in [4.69, 9.17) is 9.84 Å². The van der Waals surface area contributed by atoms with Crippen LogP contribution < -0.4 is 10.1 Å². The lowest BCUT2D eigenvalue weighted by atomic mass is 10.00. The van der Waals surface area contributed by atoms with Crippen molar-refractivity contribution in [2.24, 2.45) is 0 Å². The van der Waals surface area contributed by atoms with Gasteiger partial charge in [-0.3, -0.25) is 9.59 Å². The van der Waals surface area contributed by atoms with Crippen molar-refractivity contribution in [2.45, 2.75) is 33.1 Å². The van der Waals surface area contributed by atoms with Crippen molar-refractivity contribution in [3.05, 3.63) is 59.2 Å². The predicted octanol–water partition coefficient (Wildman–Crippen LogP) is 3.73. The lowest BCUT2D eigenvalue weighted by molar-refractivity contribution is -0.137. The van der Waals surface area contributed by atoms with E-state index in [0.717, 1.165) is 16.7 Å². The third kappa shape index (κ3) is 5.95. The van der Waals surface area contributed by atoms with Crippen LogP contribution in [0.3, 0.4) is 0 Å². The van der Waals surface area contributed by atoms with Crippen LogP contribution in [0.5, 0.6) is 5.75 Å². The highest BCUT2D eigenvalue weighted by molar-refractivity contribution is 5.92. The molecule has 0 atom stereocenters. The maximum Gasteiger partial charge on any atom is 0.303 e. The lowest BCUT2D eigenvalue weighted by Crippen LogP contribution is -2.15. The molecule has 0 aliphatic rings. The number of rotatable bonds is 8. The van der Waals surface area contributed by atoms with E-state index in [1.165, 1.54) is 0 Å². The summed E-state index contributed by atoms with van der Waals surface area (Å²) in [5.41, 5.74) is 3.98. The number of nitrogens with one attached hydrogen (secondary N) is 1. The quantitative estimate of drug-likeness (QED) is 0.717. The second kappa shape index (κ2) is 8.87. The molecule has 0 radical (unpaired) electrons. The molecular weight excluding hydrogens is 318 g/mol. The fraction of sp³-hybridized carbons (Fsp3) is 0.300. The van der Waals surface area contributed by atoms with Crippen molar-refractivity contribution >= 4 is 17.6 Å². The summed E-state index contributed by atoms with van der Waals surface area (Å²) in [6.07, 6.45) is 0.891. The fourth-order valence-corrected chi connectivity index (χ4v) is 2.54. The Balaban J connectivity index is 1.86. The van der Waals surface area contributed by atoms with E-state index in [9.17, 15) is 9.59 Å². The zero-order chi connectivity index (χ0) is 18.2. The average Bonchev–Trinajstić information content (AvgIpc) is 2.56. The maximum absolute atomic E-state index is 12.2. The number of hydrogen-bond donors (Lipinski definition) is 2. The van der Waals surface area contributed by atoms with Gasteiger partial charge in [0.15, 0.2) is 0 Å². The normalized spacial score (nSPS) is 10.3. The number of ether oxygens (including phenoxy) is 1. The van der Waals surface area contributed by atoms with Crippen LogP contribution in [0.15, 0.2) is 42.5 Å². The summed E-state index contributed by atoms with van der Waals surface area (Å²) in [4.78, 5) is 22.7. The maximum atomic E-state index is 12.2. The minimum absolute atomic E-state index is 0.0625. The number of carboxylic acid groups (broad SMARTS) is 1. The molecule has 2 aromatic carbocycles. The molecule has 25 heavy (non-hydrogen) atoms. The highest BCUT2D eigenvalue weighted by Gasteiger charge is 2.09. The zero-order valence-corrected chi connectivity index (χ0v) is 14.5. The molecule has 5 nitrogen and oxygen atoms in total. The van der Waals surface area contributed by atoms with E-state index >= 15 is 0 Å². The van der Waals surface area contributed by atoms with Crippen LogP contribution in [0, 0.1) is 13.8 Å². The van der Waals surface area contributed by atoms with Crippen molar-refractivity contribution < 1.29 is 19.4 Å². The second-order valence-corrected chi connectivity index (χ2v) is 5.97. The molecule has 1 amide bonds. The number of anilines is 1. The topological polar surface area (TPSA) is 75.6 Å². The summed E-state index contributed by atoms with van der Waals surface area (Å²) in [7, 11) is 0. The van der Waals surface area contributed by atoms with Crippen molar-refractivity contribution in [3.63, 3.8) is 0 Å². The van der Waals surface area contributed by atoms with Crippen LogP contribution >= 0.6 is 0 Å². The van der Waals surface area contributed by atoms with Crippen molar-refractivity contribution in [1.82, 2.24) is 0 Å². The summed E-state index contributed by atoms with van der Waals surface area (Å²) in [6.45, 7) is 4.36. The van der Waals surface area contributed by atoms with Gasteiger partial charge in [-0.2, -0.15) is 0 Å². The first-order valence-electron chi connectivity index (χ1n) is 8.25. The van der Waals surface area contributed by atoms with Crippen LogP contribution in [0.25, 0.3) is 0 Å². The van der Waals surface area contributed by atoms with Gasteiger partial charge in [0.05, 0.1) is 13.0 Å². The summed E-state index contributed by atoms with van der Waals surface area (Å²) < 4.78 is 5.47. The second-order valence-electron chi connectivity index (χ2n) is 5.97. The first kappa shape index (κ1) is 18.5. The monoisotopic (exact) mass is 341 g/mol. The molecule has 0 aliphatic carbocycles. The first-order valence-corrected chi connectivity index (χ1v) is 8.25. The Bertz CT molecular complexity index is 718. The third-order valence-electron chi connectivity index (χ3n) is 3.92. The molecule has 0 unspecified atom stereocenters. The van der Waals surface area contributed by atoms with Crippen LogP contribution in [0.4, 0.5) is 5.69 Å². The Morgan fingerprint density at radius 1 is 1.04 bits per heavy atom. The number of carbonyl (C=O) groups excluding carboxylic acids is 1. The highest BCUT2D eigenvalue weighted by Crippen LogP contribution is 2.18. The smallest absolute Gasteiger partial charge is 0.303 e. The van der Waals surface area contributed by atoms with Crippen molar-refractivity contribution in [2.75, 3.05) is 11.9 Å². The van der Waals surface area contributed by atoms with Crippen molar-refractivity contribution in [3.8, 4) is 5.75 Å². The summed E-state index contributed by atoms with van der Waals surface area (Å²) >= 11 is 0. The Morgan fingerprint density at radius 3 is 2.28 bits per heavy atom. The standard InChI is InChI=1S/C20H23NO4/c1-14-5-3-6-15(2)18(14)13-19(22)21-16-8-10-17(11-9-16)25-12-4-7-20(23)24/h3,5-6,8-11H,4,7,12-13H2,1-2H3,(H,21,22)(H,23,24). The van der Waals surface area contributed by atoms with Gasteiger partial charge in [-0.1, -0.05) is 18.2 Å². The summed E-state index contributed by atoms with van der Waals surface area (Å²) in [5.74, 6) is -0.240. The Hall–Kier alpha value is -2.82. The fourth-order valence-electron chi connectivity index (χ4n) is 2.54. The molecule has 0 fully saturated rings.